The van der Waals surface area contributed by atoms with Gasteiger partial charge < -0.3 is 39.6 Å². The van der Waals surface area contributed by atoms with E-state index in [-0.39, 0.29) is 18.7 Å². The molecule has 4 rings (SSSR count). The van der Waals surface area contributed by atoms with Gasteiger partial charge in [0.2, 0.25) is 0 Å². The molecule has 0 spiro atoms. The number of aliphatic hydroxyl groups is 1. The summed E-state index contributed by atoms with van der Waals surface area (Å²) in [4.78, 5) is 31.5. The van der Waals surface area contributed by atoms with Gasteiger partial charge in [0, 0.05) is 32.4 Å². The number of amides is 1. The molecule has 2 fully saturated rings. The van der Waals surface area contributed by atoms with E-state index in [0.29, 0.717) is 26.1 Å². The van der Waals surface area contributed by atoms with E-state index in [0.717, 1.165) is 22.7 Å². The second kappa shape index (κ2) is 11.9. The number of rotatable bonds is 8. The lowest BCUT2D eigenvalue weighted by Crippen LogP contribution is -2.51. The van der Waals surface area contributed by atoms with Crippen molar-refractivity contribution in [2.75, 3.05) is 31.6 Å². The largest absolute Gasteiger partial charge is 0.509 e. The molecule has 1 amide bonds. The SMILES string of the molecule is COc1ccc(C[C@H]2NC[C@H](OC(=O)OC(C)(C)C)[C@H]2OC(=O)NCc2ccnc(N3CC(O)C3)c2)cc1. The molecule has 1 aromatic heterocycles. The Labute approximate surface area is 222 Å². The smallest absolute Gasteiger partial charge is 0.497 e. The van der Waals surface area contributed by atoms with Crippen molar-refractivity contribution >= 4 is 18.1 Å². The lowest BCUT2D eigenvalue weighted by Gasteiger charge is -2.36. The lowest BCUT2D eigenvalue weighted by molar-refractivity contribution is -0.0518. The fourth-order valence-corrected chi connectivity index (χ4v) is 4.35. The van der Waals surface area contributed by atoms with Crippen LogP contribution < -0.4 is 20.3 Å². The Balaban J connectivity index is 1.39. The van der Waals surface area contributed by atoms with Gasteiger partial charge in [0.1, 0.15) is 17.2 Å². The second-order valence-electron chi connectivity index (χ2n) is 10.5. The van der Waals surface area contributed by atoms with Crippen LogP contribution in [-0.2, 0) is 27.2 Å². The van der Waals surface area contributed by atoms with Crippen LogP contribution in [0.3, 0.4) is 0 Å². The van der Waals surface area contributed by atoms with E-state index in [9.17, 15) is 14.7 Å². The molecule has 0 unspecified atom stereocenters. The fraction of sp³-hybridized carbons (Fsp3) is 0.519. The number of hydrogen-bond acceptors (Lipinski definition) is 10. The Hall–Kier alpha value is -3.57. The van der Waals surface area contributed by atoms with Gasteiger partial charge in [-0.2, -0.15) is 0 Å². The normalized spacial score (nSPS) is 21.4. The van der Waals surface area contributed by atoms with E-state index in [1.807, 2.05) is 35.2 Å². The number of β-amino-alcohol motifs (C(OH)–C–C–N with tert-alkyl or cyclic N) is 1. The second-order valence-corrected chi connectivity index (χ2v) is 10.5. The fourth-order valence-electron chi connectivity index (χ4n) is 4.35. The molecule has 3 heterocycles. The summed E-state index contributed by atoms with van der Waals surface area (Å²) in [6.07, 6.45) is -1.03. The summed E-state index contributed by atoms with van der Waals surface area (Å²) in [5.41, 5.74) is 1.14. The van der Waals surface area contributed by atoms with Crippen LogP contribution in [0.25, 0.3) is 0 Å². The number of pyridine rings is 1. The van der Waals surface area contributed by atoms with Gasteiger partial charge >= 0.3 is 12.2 Å². The van der Waals surface area contributed by atoms with Gasteiger partial charge in [0.25, 0.3) is 0 Å². The minimum Gasteiger partial charge on any atom is -0.497 e. The monoisotopic (exact) mass is 528 g/mol. The number of ether oxygens (including phenoxy) is 4. The number of aliphatic hydroxyl groups excluding tert-OH is 1. The molecule has 0 saturated carbocycles. The topological polar surface area (TPSA) is 131 Å². The predicted molar refractivity (Wildman–Crippen MR) is 139 cm³/mol. The molecule has 0 aliphatic carbocycles. The van der Waals surface area contributed by atoms with Crippen LogP contribution in [0.4, 0.5) is 15.4 Å². The summed E-state index contributed by atoms with van der Waals surface area (Å²) in [6.45, 7) is 6.88. The number of nitrogens with one attached hydrogen (secondary N) is 2. The van der Waals surface area contributed by atoms with Crippen molar-refractivity contribution in [3.8, 4) is 5.75 Å². The first kappa shape index (κ1) is 27.5. The van der Waals surface area contributed by atoms with Crippen LogP contribution in [0.5, 0.6) is 5.75 Å². The average molecular weight is 529 g/mol. The van der Waals surface area contributed by atoms with Gasteiger partial charge in [-0.3, -0.25) is 0 Å². The molecule has 3 N–H and O–H groups in total. The quantitative estimate of drug-likeness (QED) is 0.439. The highest BCUT2D eigenvalue weighted by Gasteiger charge is 2.42. The number of alkyl carbamates (subject to hydrolysis) is 1. The summed E-state index contributed by atoms with van der Waals surface area (Å²) < 4.78 is 21.9. The summed E-state index contributed by atoms with van der Waals surface area (Å²) in [5.74, 6) is 1.49. The van der Waals surface area contributed by atoms with Crippen molar-refractivity contribution in [3.05, 3.63) is 53.7 Å². The van der Waals surface area contributed by atoms with E-state index in [1.165, 1.54) is 0 Å². The van der Waals surface area contributed by atoms with Crippen molar-refractivity contribution in [1.29, 1.82) is 0 Å². The van der Waals surface area contributed by atoms with Crippen molar-refractivity contribution in [3.63, 3.8) is 0 Å². The third-order valence-corrected chi connectivity index (χ3v) is 6.27. The van der Waals surface area contributed by atoms with Crippen molar-refractivity contribution in [2.24, 2.45) is 0 Å². The van der Waals surface area contributed by atoms with Gasteiger partial charge in [-0.1, -0.05) is 12.1 Å². The van der Waals surface area contributed by atoms with Gasteiger partial charge in [0.05, 0.1) is 19.3 Å². The minimum absolute atomic E-state index is 0.228. The van der Waals surface area contributed by atoms with Crippen molar-refractivity contribution in [1.82, 2.24) is 15.6 Å². The number of carbonyl (C=O) groups is 2. The molecule has 206 valence electrons. The van der Waals surface area contributed by atoms with Gasteiger partial charge in [-0.15, -0.1) is 0 Å². The molecule has 0 bridgehead atoms. The van der Waals surface area contributed by atoms with Gasteiger partial charge in [-0.25, -0.2) is 14.6 Å². The maximum atomic E-state index is 12.8. The average Bonchev–Trinajstić information content (AvgIpc) is 3.20. The highest BCUT2D eigenvalue weighted by atomic mass is 16.7. The number of anilines is 1. The Bertz CT molecular complexity index is 1100. The summed E-state index contributed by atoms with van der Waals surface area (Å²) in [6, 6.07) is 11.0. The van der Waals surface area contributed by atoms with Crippen LogP contribution in [0.15, 0.2) is 42.6 Å². The number of nitrogens with zero attached hydrogens (tertiary/aromatic N) is 2. The number of benzene rings is 1. The number of methoxy groups -OCH3 is 1. The van der Waals surface area contributed by atoms with Crippen LogP contribution in [0, 0.1) is 0 Å². The summed E-state index contributed by atoms with van der Waals surface area (Å²) in [7, 11) is 1.61. The zero-order valence-electron chi connectivity index (χ0n) is 22.2. The lowest BCUT2D eigenvalue weighted by atomic mass is 10.0. The summed E-state index contributed by atoms with van der Waals surface area (Å²) >= 11 is 0. The number of aromatic nitrogens is 1. The molecule has 38 heavy (non-hydrogen) atoms. The number of carbonyl (C=O) groups excluding carboxylic acids is 2. The number of hydrogen-bond donors (Lipinski definition) is 3. The highest BCUT2D eigenvalue weighted by Crippen LogP contribution is 2.23. The molecule has 11 nitrogen and oxygen atoms in total. The van der Waals surface area contributed by atoms with Gasteiger partial charge in [0.15, 0.2) is 12.2 Å². The molecule has 2 aromatic rings. The molecular weight excluding hydrogens is 492 g/mol. The van der Waals surface area contributed by atoms with Crippen LogP contribution in [0.1, 0.15) is 31.9 Å². The van der Waals surface area contributed by atoms with E-state index in [2.05, 4.69) is 15.6 Å². The minimum atomic E-state index is -0.816. The third-order valence-electron chi connectivity index (χ3n) is 6.27. The highest BCUT2D eigenvalue weighted by molar-refractivity contribution is 5.68. The molecule has 3 atom stereocenters. The molecule has 2 saturated heterocycles. The van der Waals surface area contributed by atoms with Crippen LogP contribution in [-0.4, -0.2) is 79.0 Å². The van der Waals surface area contributed by atoms with Crippen LogP contribution in [0.2, 0.25) is 0 Å². The van der Waals surface area contributed by atoms with Gasteiger partial charge in [-0.05, 0) is 62.6 Å². The maximum Gasteiger partial charge on any atom is 0.509 e. The molecule has 11 heteroatoms. The van der Waals surface area contributed by atoms with E-state index < -0.39 is 30.1 Å². The maximum absolute atomic E-state index is 12.8. The Kier molecular flexibility index (Phi) is 8.58. The Morgan fingerprint density at radius 3 is 2.53 bits per heavy atom. The zero-order valence-corrected chi connectivity index (χ0v) is 22.2. The molecule has 2 aliphatic rings. The first-order valence-electron chi connectivity index (χ1n) is 12.7. The van der Waals surface area contributed by atoms with E-state index in [4.69, 9.17) is 18.9 Å². The first-order chi connectivity index (χ1) is 18.1. The zero-order chi connectivity index (χ0) is 27.3. The van der Waals surface area contributed by atoms with E-state index >= 15 is 0 Å². The van der Waals surface area contributed by atoms with Crippen molar-refractivity contribution < 1.29 is 33.6 Å². The Morgan fingerprint density at radius 2 is 1.87 bits per heavy atom. The molecular formula is C27H36N4O7. The standard InChI is InChI=1S/C27H36N4O7/c1-27(2,3)38-26(34)36-22-14-29-21(11-17-5-7-20(35-4)8-6-17)24(22)37-25(33)30-13-18-9-10-28-23(12-18)31-15-19(32)16-31/h5-10,12,19,21-22,24,29,32H,11,13-16H2,1-4H3,(H,30,33)/t21-,22+,24+/m1/s1. The molecule has 0 radical (unpaired) electrons. The van der Waals surface area contributed by atoms with E-state index in [1.54, 1.807) is 40.1 Å². The first-order valence-corrected chi connectivity index (χ1v) is 12.7. The predicted octanol–water partition coefficient (Wildman–Crippen LogP) is 2.40. The molecule has 2 aliphatic heterocycles. The summed E-state index contributed by atoms with van der Waals surface area (Å²) in [5, 5.41) is 15.6. The Morgan fingerprint density at radius 1 is 1.13 bits per heavy atom. The third kappa shape index (κ3) is 7.48. The van der Waals surface area contributed by atoms with Crippen molar-refractivity contribution in [2.45, 2.75) is 63.7 Å². The van der Waals surface area contributed by atoms with Crippen LogP contribution >= 0.6 is 0 Å². The molecule has 1 aromatic carbocycles.